The summed E-state index contributed by atoms with van der Waals surface area (Å²) in [5, 5.41) is 12.2. The van der Waals surface area contributed by atoms with E-state index in [0.29, 0.717) is 6.54 Å². The molecule has 0 unspecified atom stereocenters. The maximum Gasteiger partial charge on any atom is 0.258 e. The Morgan fingerprint density at radius 3 is 2.61 bits per heavy atom. The quantitative estimate of drug-likeness (QED) is 0.613. The molecule has 0 saturated heterocycles. The zero-order valence-corrected chi connectivity index (χ0v) is 14.6. The summed E-state index contributed by atoms with van der Waals surface area (Å²) in [7, 11) is -2.15. The Balaban J connectivity index is 2.78. The third-order valence-electron chi connectivity index (χ3n) is 3.01. The summed E-state index contributed by atoms with van der Waals surface area (Å²) in [6.45, 7) is 5.33. The van der Waals surface area contributed by atoms with Crippen LogP contribution in [0, 0.1) is 0 Å². The standard InChI is InChI=1S/C14H24N4O4S/c1-5-18(4)13(19)9-15-11-7-6-8-12(17-11)23(21,22)16-10-14(2,3)20/h6-8,16,20H,5,9-10H2,1-4H3,(H,15,17). The van der Waals surface area contributed by atoms with Crippen LogP contribution in [0.1, 0.15) is 20.8 Å². The van der Waals surface area contributed by atoms with Crippen LogP contribution in [-0.2, 0) is 14.8 Å². The van der Waals surface area contributed by atoms with Gasteiger partial charge in [-0.15, -0.1) is 0 Å². The lowest BCUT2D eigenvalue weighted by Gasteiger charge is -2.18. The van der Waals surface area contributed by atoms with Crippen LogP contribution < -0.4 is 10.0 Å². The van der Waals surface area contributed by atoms with Crippen LogP contribution in [0.4, 0.5) is 5.82 Å². The van der Waals surface area contributed by atoms with Crippen molar-refractivity contribution in [1.82, 2.24) is 14.6 Å². The lowest BCUT2D eigenvalue weighted by molar-refractivity contribution is -0.127. The average molecular weight is 344 g/mol. The molecule has 0 bridgehead atoms. The zero-order chi connectivity index (χ0) is 17.7. The summed E-state index contributed by atoms with van der Waals surface area (Å²) in [6.07, 6.45) is 0. The highest BCUT2D eigenvalue weighted by atomic mass is 32.2. The molecule has 1 aromatic rings. The van der Waals surface area contributed by atoms with Gasteiger partial charge in [0.15, 0.2) is 5.03 Å². The smallest absolute Gasteiger partial charge is 0.258 e. The van der Waals surface area contributed by atoms with E-state index in [9.17, 15) is 18.3 Å². The number of nitrogens with one attached hydrogen (secondary N) is 2. The van der Waals surface area contributed by atoms with Crippen LogP contribution in [-0.4, -0.2) is 61.6 Å². The van der Waals surface area contributed by atoms with Crippen molar-refractivity contribution < 1.29 is 18.3 Å². The molecule has 0 radical (unpaired) electrons. The van der Waals surface area contributed by atoms with E-state index in [1.165, 1.54) is 26.0 Å². The number of aromatic nitrogens is 1. The number of hydrogen-bond donors (Lipinski definition) is 3. The Morgan fingerprint density at radius 1 is 1.39 bits per heavy atom. The van der Waals surface area contributed by atoms with Gasteiger partial charge in [-0.3, -0.25) is 4.79 Å². The van der Waals surface area contributed by atoms with Gasteiger partial charge in [0.05, 0.1) is 12.1 Å². The predicted octanol–water partition coefficient (Wildman–Crippen LogP) is 0.0210. The lowest BCUT2D eigenvalue weighted by Crippen LogP contribution is -2.38. The Morgan fingerprint density at radius 2 is 2.04 bits per heavy atom. The first-order chi connectivity index (χ1) is 10.5. The molecule has 0 aliphatic heterocycles. The molecule has 3 N–H and O–H groups in total. The van der Waals surface area contributed by atoms with Gasteiger partial charge < -0.3 is 15.3 Å². The minimum absolute atomic E-state index is 0.0257. The van der Waals surface area contributed by atoms with Gasteiger partial charge in [-0.25, -0.2) is 18.1 Å². The first kappa shape index (κ1) is 19.3. The molecule has 23 heavy (non-hydrogen) atoms. The van der Waals surface area contributed by atoms with Crippen molar-refractivity contribution in [2.24, 2.45) is 0 Å². The summed E-state index contributed by atoms with van der Waals surface area (Å²) in [6, 6.07) is 4.45. The molecule has 0 spiro atoms. The van der Waals surface area contributed by atoms with E-state index in [1.807, 2.05) is 6.92 Å². The van der Waals surface area contributed by atoms with E-state index >= 15 is 0 Å². The van der Waals surface area contributed by atoms with Gasteiger partial charge in [-0.05, 0) is 32.9 Å². The first-order valence-electron chi connectivity index (χ1n) is 7.22. The SMILES string of the molecule is CCN(C)C(=O)CNc1cccc(S(=O)(=O)NCC(C)(C)O)n1. The second-order valence-electron chi connectivity index (χ2n) is 5.76. The van der Waals surface area contributed by atoms with E-state index in [2.05, 4.69) is 15.0 Å². The van der Waals surface area contributed by atoms with Crippen molar-refractivity contribution in [3.8, 4) is 0 Å². The van der Waals surface area contributed by atoms with E-state index in [0.717, 1.165) is 0 Å². The van der Waals surface area contributed by atoms with Crippen molar-refractivity contribution in [1.29, 1.82) is 0 Å². The van der Waals surface area contributed by atoms with Crippen LogP contribution in [0.25, 0.3) is 0 Å². The maximum atomic E-state index is 12.1. The molecule has 1 aromatic heterocycles. The molecule has 1 rings (SSSR count). The molecule has 0 fully saturated rings. The van der Waals surface area contributed by atoms with E-state index in [1.54, 1.807) is 18.0 Å². The molecular weight excluding hydrogens is 320 g/mol. The molecule has 0 saturated carbocycles. The zero-order valence-electron chi connectivity index (χ0n) is 13.8. The Bertz CT molecular complexity index is 640. The number of anilines is 1. The largest absolute Gasteiger partial charge is 0.389 e. The van der Waals surface area contributed by atoms with Crippen molar-refractivity contribution in [3.05, 3.63) is 18.2 Å². The predicted molar refractivity (Wildman–Crippen MR) is 87.5 cm³/mol. The van der Waals surface area contributed by atoms with Gasteiger partial charge in [0.1, 0.15) is 5.82 Å². The van der Waals surface area contributed by atoms with E-state index in [-0.39, 0.29) is 29.8 Å². The molecular formula is C14H24N4O4S. The number of pyridine rings is 1. The Kier molecular flexibility index (Phi) is 6.48. The van der Waals surface area contributed by atoms with E-state index < -0.39 is 15.6 Å². The normalized spacial score (nSPS) is 12.0. The number of hydrogen-bond acceptors (Lipinski definition) is 6. The fourth-order valence-corrected chi connectivity index (χ4v) is 2.65. The molecule has 1 amide bonds. The number of aliphatic hydroxyl groups is 1. The molecule has 0 aliphatic rings. The van der Waals surface area contributed by atoms with Gasteiger partial charge in [0.25, 0.3) is 10.0 Å². The van der Waals surface area contributed by atoms with Crippen molar-refractivity contribution in [2.45, 2.75) is 31.4 Å². The van der Waals surface area contributed by atoms with Gasteiger partial charge in [-0.2, -0.15) is 0 Å². The maximum absolute atomic E-state index is 12.1. The summed E-state index contributed by atoms with van der Waals surface area (Å²) in [5.74, 6) is 0.164. The average Bonchev–Trinajstić information content (AvgIpc) is 2.49. The number of nitrogens with zero attached hydrogens (tertiary/aromatic N) is 2. The van der Waals surface area contributed by atoms with Crippen molar-refractivity contribution in [2.75, 3.05) is 32.0 Å². The van der Waals surface area contributed by atoms with Crippen LogP contribution in [0.15, 0.2) is 23.2 Å². The number of rotatable bonds is 8. The number of carbonyl (C=O) groups is 1. The summed E-state index contributed by atoms with van der Waals surface area (Å²) in [5.41, 5.74) is -1.17. The van der Waals surface area contributed by atoms with Gasteiger partial charge in [0, 0.05) is 20.1 Å². The molecule has 1 heterocycles. The monoisotopic (exact) mass is 344 g/mol. The van der Waals surface area contributed by atoms with Crippen LogP contribution in [0.5, 0.6) is 0 Å². The fraction of sp³-hybridized carbons (Fsp3) is 0.571. The Labute approximate surface area is 137 Å². The van der Waals surface area contributed by atoms with Crippen LogP contribution in [0.3, 0.4) is 0 Å². The highest BCUT2D eigenvalue weighted by Crippen LogP contribution is 2.11. The topological polar surface area (TPSA) is 112 Å². The first-order valence-corrected chi connectivity index (χ1v) is 8.70. The third-order valence-corrected chi connectivity index (χ3v) is 4.32. The number of sulfonamides is 1. The fourth-order valence-electron chi connectivity index (χ4n) is 1.49. The highest BCUT2D eigenvalue weighted by Gasteiger charge is 2.21. The second kappa shape index (κ2) is 7.71. The number of carbonyl (C=O) groups excluding carboxylic acids is 1. The molecule has 0 atom stereocenters. The Hall–Kier alpha value is -1.71. The minimum atomic E-state index is -3.83. The molecule has 0 aromatic carbocycles. The summed E-state index contributed by atoms with van der Waals surface area (Å²) in [4.78, 5) is 17.2. The van der Waals surface area contributed by atoms with Crippen LogP contribution >= 0.6 is 0 Å². The molecule has 9 heteroatoms. The highest BCUT2D eigenvalue weighted by molar-refractivity contribution is 7.89. The molecule has 130 valence electrons. The molecule has 0 aliphatic carbocycles. The third kappa shape index (κ3) is 6.51. The molecule has 8 nitrogen and oxygen atoms in total. The second-order valence-corrected chi connectivity index (χ2v) is 7.47. The van der Waals surface area contributed by atoms with Crippen molar-refractivity contribution in [3.63, 3.8) is 0 Å². The van der Waals surface area contributed by atoms with Crippen LogP contribution in [0.2, 0.25) is 0 Å². The van der Waals surface area contributed by atoms with Crippen molar-refractivity contribution >= 4 is 21.7 Å². The minimum Gasteiger partial charge on any atom is -0.389 e. The summed E-state index contributed by atoms with van der Waals surface area (Å²) >= 11 is 0. The van der Waals surface area contributed by atoms with E-state index in [4.69, 9.17) is 0 Å². The number of likely N-dealkylation sites (N-methyl/N-ethyl adjacent to an activating group) is 1. The lowest BCUT2D eigenvalue weighted by atomic mass is 10.1. The summed E-state index contributed by atoms with van der Waals surface area (Å²) < 4.78 is 26.6. The van der Waals surface area contributed by atoms with Gasteiger partial charge >= 0.3 is 0 Å². The number of amides is 1. The van der Waals surface area contributed by atoms with Gasteiger partial charge in [-0.1, -0.05) is 6.07 Å². The van der Waals surface area contributed by atoms with Gasteiger partial charge in [0.2, 0.25) is 5.91 Å².